The van der Waals surface area contributed by atoms with E-state index in [2.05, 4.69) is 21.4 Å². The number of hydrogen-bond acceptors (Lipinski definition) is 3. The number of aryl methyl sites for hydroxylation is 1. The predicted octanol–water partition coefficient (Wildman–Crippen LogP) is 1.56. The number of carbonyl (C=O) groups excluding carboxylic acids is 1. The Hall–Kier alpha value is -0.810. The summed E-state index contributed by atoms with van der Waals surface area (Å²) in [6.45, 7) is 1.82. The predicted molar refractivity (Wildman–Crippen MR) is 52.3 cm³/mol. The average molecular weight is 247 g/mol. The first-order chi connectivity index (χ1) is 6.00. The number of hydrazine groups is 1. The van der Waals surface area contributed by atoms with Crippen LogP contribution >= 0.6 is 15.9 Å². The second kappa shape index (κ2) is 3.93. The molecule has 0 saturated carbocycles. The van der Waals surface area contributed by atoms with Crippen LogP contribution in [0, 0.1) is 6.92 Å². The first-order valence-electron chi connectivity index (χ1n) is 3.75. The van der Waals surface area contributed by atoms with Crippen molar-refractivity contribution in [1.29, 1.82) is 0 Å². The van der Waals surface area contributed by atoms with E-state index in [4.69, 9.17) is 4.42 Å². The highest BCUT2D eigenvalue weighted by atomic mass is 79.9. The summed E-state index contributed by atoms with van der Waals surface area (Å²) in [6, 6.07) is 1.75. The number of halogens is 1. The molecule has 0 fully saturated rings. The van der Waals surface area contributed by atoms with E-state index >= 15 is 0 Å². The zero-order valence-corrected chi connectivity index (χ0v) is 9.31. The summed E-state index contributed by atoms with van der Waals surface area (Å²) < 4.78 is 5.72. The van der Waals surface area contributed by atoms with Gasteiger partial charge in [0, 0.05) is 19.7 Å². The lowest BCUT2D eigenvalue weighted by Crippen LogP contribution is -2.36. The molecule has 13 heavy (non-hydrogen) atoms. The molecule has 5 heteroatoms. The van der Waals surface area contributed by atoms with Crippen molar-refractivity contribution in [2.45, 2.75) is 6.92 Å². The molecule has 72 valence electrons. The maximum Gasteiger partial charge on any atom is 0.301 e. The van der Waals surface area contributed by atoms with Gasteiger partial charge in [0.15, 0.2) is 10.4 Å². The molecule has 0 radical (unpaired) electrons. The van der Waals surface area contributed by atoms with E-state index < -0.39 is 0 Å². The summed E-state index contributed by atoms with van der Waals surface area (Å²) >= 11 is 3.16. The smallest absolute Gasteiger partial charge is 0.301 e. The number of carbonyl (C=O) groups is 1. The number of hydrogen-bond donors (Lipinski definition) is 1. The Labute approximate surface area is 85.0 Å². The van der Waals surface area contributed by atoms with Gasteiger partial charge in [0.05, 0.1) is 0 Å². The summed E-state index contributed by atoms with van der Waals surface area (Å²) in [6.07, 6.45) is 0. The molecule has 0 spiro atoms. The highest BCUT2D eigenvalue weighted by Gasteiger charge is 2.14. The van der Waals surface area contributed by atoms with Crippen LogP contribution in [-0.2, 0) is 0 Å². The molecular formula is C8H11BrN2O2. The molecule has 0 aliphatic rings. The fourth-order valence-corrected chi connectivity index (χ4v) is 1.43. The largest absolute Gasteiger partial charge is 0.444 e. The van der Waals surface area contributed by atoms with Crippen molar-refractivity contribution in [1.82, 2.24) is 10.4 Å². The molecule has 1 rings (SSSR count). The van der Waals surface area contributed by atoms with Crippen molar-refractivity contribution in [3.8, 4) is 0 Å². The van der Waals surface area contributed by atoms with Crippen LogP contribution in [0.5, 0.6) is 0 Å². The van der Waals surface area contributed by atoms with Gasteiger partial charge in [-0.2, -0.15) is 0 Å². The van der Waals surface area contributed by atoms with E-state index in [9.17, 15) is 4.79 Å². The van der Waals surface area contributed by atoms with Crippen LogP contribution in [-0.4, -0.2) is 25.0 Å². The van der Waals surface area contributed by atoms with Gasteiger partial charge in [-0.3, -0.25) is 10.2 Å². The summed E-state index contributed by atoms with van der Waals surface area (Å²) in [7, 11) is 3.48. The molecule has 1 aromatic rings. The molecule has 0 aromatic carbocycles. The Bertz CT molecular complexity index is 320. The molecule has 1 amide bonds. The van der Waals surface area contributed by atoms with Crippen molar-refractivity contribution in [2.75, 3.05) is 14.1 Å². The first-order valence-corrected chi connectivity index (χ1v) is 4.54. The number of amides is 1. The second-order valence-electron chi connectivity index (χ2n) is 2.90. The monoisotopic (exact) mass is 246 g/mol. The third kappa shape index (κ3) is 2.57. The maximum atomic E-state index is 11.4. The van der Waals surface area contributed by atoms with Crippen molar-refractivity contribution in [2.24, 2.45) is 0 Å². The van der Waals surface area contributed by atoms with Gasteiger partial charge in [0.25, 0.3) is 0 Å². The Morgan fingerprint density at radius 3 is 2.62 bits per heavy atom. The normalized spacial score (nSPS) is 10.5. The molecule has 1 aromatic heterocycles. The Morgan fingerprint density at radius 1 is 1.62 bits per heavy atom. The Balaban J connectivity index is 2.82. The third-order valence-electron chi connectivity index (χ3n) is 1.42. The van der Waals surface area contributed by atoms with E-state index in [0.717, 1.165) is 5.56 Å². The lowest BCUT2D eigenvalue weighted by atomic mass is 10.3. The highest BCUT2D eigenvalue weighted by Crippen LogP contribution is 2.19. The van der Waals surface area contributed by atoms with Crippen LogP contribution in [0.25, 0.3) is 0 Å². The number of nitrogens with zero attached hydrogens (tertiary/aromatic N) is 1. The van der Waals surface area contributed by atoms with E-state index in [1.165, 1.54) is 0 Å². The van der Waals surface area contributed by atoms with Gasteiger partial charge in [0.2, 0.25) is 0 Å². The lowest BCUT2D eigenvalue weighted by molar-refractivity contribution is 0.0825. The summed E-state index contributed by atoms with van der Waals surface area (Å²) in [5, 5.41) is 1.57. The highest BCUT2D eigenvalue weighted by molar-refractivity contribution is 9.10. The van der Waals surface area contributed by atoms with Crippen molar-refractivity contribution in [3.63, 3.8) is 0 Å². The topological polar surface area (TPSA) is 45.5 Å². The van der Waals surface area contributed by atoms with E-state index in [0.29, 0.717) is 10.4 Å². The molecular weight excluding hydrogens is 236 g/mol. The van der Waals surface area contributed by atoms with Gasteiger partial charge >= 0.3 is 5.91 Å². The van der Waals surface area contributed by atoms with Crippen molar-refractivity contribution < 1.29 is 9.21 Å². The van der Waals surface area contributed by atoms with E-state index in [1.807, 2.05) is 6.92 Å². The van der Waals surface area contributed by atoms with Gasteiger partial charge in [-0.15, -0.1) is 0 Å². The third-order valence-corrected chi connectivity index (χ3v) is 1.81. The molecule has 4 nitrogen and oxygen atoms in total. The van der Waals surface area contributed by atoms with Crippen LogP contribution in [0.3, 0.4) is 0 Å². The minimum absolute atomic E-state index is 0.242. The standard InChI is InChI=1S/C8H11BrN2O2/c1-5-4-6(9)13-7(5)8(12)10-11(2)3/h4H,1-3H3,(H,10,12). The van der Waals surface area contributed by atoms with Crippen molar-refractivity contribution in [3.05, 3.63) is 22.1 Å². The molecule has 0 bridgehead atoms. The zero-order valence-electron chi connectivity index (χ0n) is 7.72. The van der Waals surface area contributed by atoms with Gasteiger partial charge in [-0.1, -0.05) is 0 Å². The molecule has 0 saturated heterocycles. The van der Waals surface area contributed by atoms with Crippen molar-refractivity contribution >= 4 is 21.8 Å². The van der Waals surface area contributed by atoms with Crippen LogP contribution in [0.15, 0.2) is 15.2 Å². The van der Waals surface area contributed by atoms with Gasteiger partial charge in [-0.05, 0) is 28.9 Å². The molecule has 1 N–H and O–H groups in total. The summed E-state index contributed by atoms with van der Waals surface area (Å²) in [5.41, 5.74) is 3.40. The molecule has 0 unspecified atom stereocenters. The van der Waals surface area contributed by atoms with Crippen LogP contribution in [0.2, 0.25) is 0 Å². The van der Waals surface area contributed by atoms with Crippen LogP contribution < -0.4 is 5.43 Å². The van der Waals surface area contributed by atoms with Gasteiger partial charge < -0.3 is 4.42 Å². The first kappa shape index (κ1) is 10.3. The van der Waals surface area contributed by atoms with E-state index in [-0.39, 0.29) is 5.91 Å². The van der Waals surface area contributed by atoms with Crippen LogP contribution in [0.1, 0.15) is 16.1 Å². The molecule has 0 atom stereocenters. The Morgan fingerprint density at radius 2 is 2.23 bits per heavy atom. The van der Waals surface area contributed by atoms with Gasteiger partial charge in [-0.25, -0.2) is 5.01 Å². The number of rotatable bonds is 2. The fourth-order valence-electron chi connectivity index (χ4n) is 0.923. The summed E-state index contributed by atoms with van der Waals surface area (Å²) in [5.74, 6) is 0.0915. The molecule has 0 aliphatic carbocycles. The molecule has 1 heterocycles. The molecule has 0 aliphatic heterocycles. The quantitative estimate of drug-likeness (QED) is 0.806. The van der Waals surface area contributed by atoms with Gasteiger partial charge in [0.1, 0.15) is 0 Å². The average Bonchev–Trinajstić information content (AvgIpc) is 2.28. The van der Waals surface area contributed by atoms with E-state index in [1.54, 1.807) is 25.2 Å². The lowest BCUT2D eigenvalue weighted by Gasteiger charge is -2.10. The number of furan rings is 1. The summed E-state index contributed by atoms with van der Waals surface area (Å²) in [4.78, 5) is 11.4. The van der Waals surface area contributed by atoms with Crippen LogP contribution in [0.4, 0.5) is 0 Å². The zero-order chi connectivity index (χ0) is 10.0. The SMILES string of the molecule is Cc1cc(Br)oc1C(=O)NN(C)C. The minimum Gasteiger partial charge on any atom is -0.444 e. The Kier molecular flexibility index (Phi) is 3.11. The number of nitrogens with one attached hydrogen (secondary N) is 1. The minimum atomic E-state index is -0.242. The second-order valence-corrected chi connectivity index (χ2v) is 3.68. The fraction of sp³-hybridized carbons (Fsp3) is 0.375. The maximum absolute atomic E-state index is 11.4.